The molecule has 0 spiro atoms. The van der Waals surface area contributed by atoms with Crippen LogP contribution in [0, 0.1) is 0 Å². The van der Waals surface area contributed by atoms with Crippen molar-refractivity contribution in [1.29, 1.82) is 0 Å². The Balaban J connectivity index is 4.28. The quantitative estimate of drug-likeness (QED) is 0.369. The number of carboxylic acids is 1. The van der Waals surface area contributed by atoms with Crippen molar-refractivity contribution in [2.24, 2.45) is 5.73 Å². The summed E-state index contributed by atoms with van der Waals surface area (Å²) in [6, 6.07) is 0. The Morgan fingerprint density at radius 1 is 1.56 bits per heavy atom. The van der Waals surface area contributed by atoms with E-state index in [9.17, 15) is 4.79 Å². The minimum atomic E-state index is -1.28. The molecule has 4 nitrogen and oxygen atoms in total. The van der Waals surface area contributed by atoms with Crippen LogP contribution in [0.2, 0.25) is 0 Å². The molecule has 0 aliphatic carbocycles. The van der Waals surface area contributed by atoms with Crippen LogP contribution in [-0.4, -0.2) is 16.2 Å². The summed E-state index contributed by atoms with van der Waals surface area (Å²) in [5, 5.41) is 16.8. The average molecular weight is 131 g/mol. The number of nitrogens with two attached hydrogens (primary N) is 1. The van der Waals surface area contributed by atoms with Crippen molar-refractivity contribution in [2.75, 3.05) is 0 Å². The third kappa shape index (κ3) is 2.03. The number of aliphatic carboxylic acids is 1. The first kappa shape index (κ1) is 7.81. The second kappa shape index (κ2) is 2.96. The zero-order chi connectivity index (χ0) is 7.44. The van der Waals surface area contributed by atoms with Crippen molar-refractivity contribution >= 4 is 5.97 Å². The molecule has 0 fully saturated rings. The summed E-state index contributed by atoms with van der Waals surface area (Å²) in [4.78, 5) is 9.96. The van der Waals surface area contributed by atoms with E-state index in [1.165, 1.54) is 0 Å². The van der Waals surface area contributed by atoms with E-state index in [1.807, 2.05) is 0 Å². The van der Waals surface area contributed by atoms with Gasteiger partial charge in [-0.1, -0.05) is 6.92 Å². The van der Waals surface area contributed by atoms with Gasteiger partial charge in [0.2, 0.25) is 0 Å². The van der Waals surface area contributed by atoms with E-state index in [0.717, 1.165) is 0 Å². The van der Waals surface area contributed by atoms with Crippen LogP contribution in [-0.2, 0) is 4.79 Å². The summed E-state index contributed by atoms with van der Waals surface area (Å²) < 4.78 is 0. The first-order valence-corrected chi connectivity index (χ1v) is 2.50. The Morgan fingerprint density at radius 3 is 2.11 bits per heavy atom. The zero-order valence-electron chi connectivity index (χ0n) is 5.09. The van der Waals surface area contributed by atoms with Crippen LogP contribution >= 0.6 is 0 Å². The second-order valence-corrected chi connectivity index (χ2v) is 1.52. The van der Waals surface area contributed by atoms with Crippen molar-refractivity contribution in [3.05, 3.63) is 11.5 Å². The SMILES string of the molecule is CCC(O)=C(N)C(=O)O. The fraction of sp³-hybridized carbons (Fsp3) is 0.400. The highest BCUT2D eigenvalue weighted by Gasteiger charge is 2.05. The molecule has 0 aliphatic heterocycles. The van der Waals surface area contributed by atoms with Gasteiger partial charge in [-0.3, -0.25) is 0 Å². The van der Waals surface area contributed by atoms with Gasteiger partial charge in [0.25, 0.3) is 0 Å². The van der Waals surface area contributed by atoms with E-state index in [2.05, 4.69) is 0 Å². The molecule has 0 aromatic rings. The number of aliphatic hydroxyl groups is 1. The van der Waals surface area contributed by atoms with Crippen molar-refractivity contribution in [3.8, 4) is 0 Å². The molecule has 4 heteroatoms. The third-order valence-corrected chi connectivity index (χ3v) is 0.876. The average Bonchev–Trinajstić information content (AvgIpc) is 1.84. The van der Waals surface area contributed by atoms with E-state index in [0.29, 0.717) is 0 Å². The molecule has 0 atom stereocenters. The fourth-order valence-corrected chi connectivity index (χ4v) is 0.314. The van der Waals surface area contributed by atoms with Crippen molar-refractivity contribution in [1.82, 2.24) is 0 Å². The lowest BCUT2D eigenvalue weighted by Gasteiger charge is -1.95. The largest absolute Gasteiger partial charge is 0.510 e. The van der Waals surface area contributed by atoms with Crippen LogP contribution in [0.1, 0.15) is 13.3 Å². The van der Waals surface area contributed by atoms with Gasteiger partial charge in [0.1, 0.15) is 5.76 Å². The highest BCUT2D eigenvalue weighted by molar-refractivity contribution is 5.85. The van der Waals surface area contributed by atoms with Crippen LogP contribution in [0.4, 0.5) is 0 Å². The number of allylic oxidation sites excluding steroid dienone is 1. The number of rotatable bonds is 2. The van der Waals surface area contributed by atoms with Crippen molar-refractivity contribution < 1.29 is 15.0 Å². The van der Waals surface area contributed by atoms with Crippen LogP contribution in [0.3, 0.4) is 0 Å². The Kier molecular flexibility index (Phi) is 2.57. The maximum Gasteiger partial charge on any atom is 0.355 e. The molecular weight excluding hydrogens is 122 g/mol. The number of carboxylic acid groups (broad SMARTS) is 1. The minimum Gasteiger partial charge on any atom is -0.510 e. The summed E-state index contributed by atoms with van der Waals surface area (Å²) >= 11 is 0. The molecular formula is C5H9NO3. The molecule has 0 amide bonds. The number of hydrogen-bond donors (Lipinski definition) is 3. The summed E-state index contributed by atoms with van der Waals surface area (Å²) in [5.41, 5.74) is 4.43. The summed E-state index contributed by atoms with van der Waals surface area (Å²) in [5.74, 6) is -1.56. The summed E-state index contributed by atoms with van der Waals surface area (Å²) in [6.45, 7) is 1.62. The van der Waals surface area contributed by atoms with Crippen LogP contribution in [0.5, 0.6) is 0 Å². The zero-order valence-corrected chi connectivity index (χ0v) is 5.09. The van der Waals surface area contributed by atoms with E-state index in [-0.39, 0.29) is 12.2 Å². The molecule has 0 saturated carbocycles. The minimum absolute atomic E-state index is 0.248. The highest BCUT2D eigenvalue weighted by Crippen LogP contribution is 1.97. The van der Waals surface area contributed by atoms with Crippen LogP contribution in [0.15, 0.2) is 11.5 Å². The van der Waals surface area contributed by atoms with E-state index >= 15 is 0 Å². The van der Waals surface area contributed by atoms with E-state index in [1.54, 1.807) is 6.92 Å². The standard InChI is InChI=1S/C5H9NO3/c1-2-3(7)4(6)5(8)9/h7H,2,6H2,1H3,(H,8,9). The lowest BCUT2D eigenvalue weighted by molar-refractivity contribution is -0.132. The predicted molar refractivity (Wildman–Crippen MR) is 31.8 cm³/mol. The molecule has 4 N–H and O–H groups in total. The van der Waals surface area contributed by atoms with Crippen LogP contribution < -0.4 is 5.73 Å². The van der Waals surface area contributed by atoms with E-state index in [4.69, 9.17) is 15.9 Å². The van der Waals surface area contributed by atoms with Crippen molar-refractivity contribution in [3.63, 3.8) is 0 Å². The smallest absolute Gasteiger partial charge is 0.355 e. The molecule has 9 heavy (non-hydrogen) atoms. The molecule has 0 aromatic carbocycles. The Morgan fingerprint density at radius 2 is 2.00 bits per heavy atom. The van der Waals surface area contributed by atoms with Crippen LogP contribution in [0.25, 0.3) is 0 Å². The van der Waals surface area contributed by atoms with Gasteiger partial charge in [0.05, 0.1) is 0 Å². The molecule has 52 valence electrons. The Labute approximate surface area is 52.6 Å². The Bertz CT molecular complexity index is 150. The van der Waals surface area contributed by atoms with Gasteiger partial charge in [0, 0.05) is 6.42 Å². The van der Waals surface area contributed by atoms with Gasteiger partial charge < -0.3 is 15.9 Å². The van der Waals surface area contributed by atoms with Gasteiger partial charge >= 0.3 is 5.97 Å². The van der Waals surface area contributed by atoms with Gasteiger partial charge in [-0.2, -0.15) is 0 Å². The first-order valence-electron chi connectivity index (χ1n) is 2.50. The summed E-state index contributed by atoms with van der Waals surface area (Å²) in [6.07, 6.45) is 0.248. The molecule has 0 bridgehead atoms. The first-order chi connectivity index (χ1) is 4.09. The van der Waals surface area contributed by atoms with Gasteiger partial charge in [-0.05, 0) is 0 Å². The number of carbonyl (C=O) groups is 1. The molecule has 0 heterocycles. The molecule has 0 unspecified atom stereocenters. The van der Waals surface area contributed by atoms with Gasteiger partial charge in [-0.15, -0.1) is 0 Å². The fourth-order valence-electron chi connectivity index (χ4n) is 0.314. The topological polar surface area (TPSA) is 83.5 Å². The van der Waals surface area contributed by atoms with Gasteiger partial charge in [-0.25, -0.2) is 4.79 Å². The maximum absolute atomic E-state index is 9.96. The number of hydrogen-bond acceptors (Lipinski definition) is 3. The molecule has 0 rings (SSSR count). The normalized spacial score (nSPS) is 12.6. The molecule has 0 radical (unpaired) electrons. The third-order valence-electron chi connectivity index (χ3n) is 0.876. The lowest BCUT2D eigenvalue weighted by Crippen LogP contribution is -2.12. The summed E-state index contributed by atoms with van der Waals surface area (Å²) in [7, 11) is 0. The van der Waals surface area contributed by atoms with E-state index < -0.39 is 11.7 Å². The number of aliphatic hydroxyl groups excluding tert-OH is 1. The molecule has 0 saturated heterocycles. The predicted octanol–water partition coefficient (Wildman–Crippen LogP) is 0.209. The Hall–Kier alpha value is -1.19. The maximum atomic E-state index is 9.96. The monoisotopic (exact) mass is 131 g/mol. The molecule has 0 aromatic heterocycles. The second-order valence-electron chi connectivity index (χ2n) is 1.52. The molecule has 0 aliphatic rings. The highest BCUT2D eigenvalue weighted by atomic mass is 16.4. The lowest BCUT2D eigenvalue weighted by atomic mass is 10.3. The van der Waals surface area contributed by atoms with Gasteiger partial charge in [0.15, 0.2) is 5.70 Å². The van der Waals surface area contributed by atoms with Crippen molar-refractivity contribution in [2.45, 2.75) is 13.3 Å².